The van der Waals surface area contributed by atoms with Gasteiger partial charge in [-0.1, -0.05) is 18.2 Å². The van der Waals surface area contributed by atoms with E-state index < -0.39 is 5.97 Å². The molecule has 2 atom stereocenters. The molecule has 34 heavy (non-hydrogen) atoms. The van der Waals surface area contributed by atoms with Crippen LogP contribution in [0.25, 0.3) is 5.69 Å². The van der Waals surface area contributed by atoms with Crippen LogP contribution in [0.2, 0.25) is 0 Å². The number of rotatable bonds is 6. The van der Waals surface area contributed by atoms with Crippen LogP contribution < -0.4 is 15.0 Å². The molecule has 1 saturated heterocycles. The summed E-state index contributed by atoms with van der Waals surface area (Å²) in [5.41, 5.74) is 3.65. The Balaban J connectivity index is 1.67. The van der Waals surface area contributed by atoms with Crippen molar-refractivity contribution < 1.29 is 14.6 Å². The van der Waals surface area contributed by atoms with E-state index in [1.165, 1.54) is 0 Å². The Morgan fingerprint density at radius 1 is 1.03 bits per heavy atom. The highest BCUT2D eigenvalue weighted by molar-refractivity contribution is 7.80. The summed E-state index contributed by atoms with van der Waals surface area (Å²) < 4.78 is 7.45. The van der Waals surface area contributed by atoms with E-state index in [4.69, 9.17) is 17.0 Å². The van der Waals surface area contributed by atoms with Gasteiger partial charge in [-0.05, 0) is 66.8 Å². The molecular weight excluding hydrogens is 448 g/mol. The first-order chi connectivity index (χ1) is 16.6. The quantitative estimate of drug-likeness (QED) is 0.394. The number of benzene rings is 2. The molecule has 0 radical (unpaired) electrons. The summed E-state index contributed by atoms with van der Waals surface area (Å²) in [6, 6.07) is 23.9. The normalized spacial score (nSPS) is 17.4. The summed E-state index contributed by atoms with van der Waals surface area (Å²) in [6.45, 7) is 0. The van der Waals surface area contributed by atoms with E-state index in [9.17, 15) is 9.90 Å². The van der Waals surface area contributed by atoms with Crippen LogP contribution in [0.15, 0.2) is 91.3 Å². The molecule has 0 bridgehead atoms. The van der Waals surface area contributed by atoms with Gasteiger partial charge in [0.25, 0.3) is 0 Å². The monoisotopic (exact) mass is 470 g/mol. The number of nitrogens with one attached hydrogen (secondary N) is 1. The minimum Gasteiger partial charge on any atom is -0.497 e. The first kappa shape index (κ1) is 21.7. The Labute approximate surface area is 202 Å². The largest absolute Gasteiger partial charge is 0.497 e. The molecule has 1 fully saturated rings. The number of thiocarbonyl (C=S) groups is 1. The average molecular weight is 471 g/mol. The maximum Gasteiger partial charge on any atom is 0.335 e. The van der Waals surface area contributed by atoms with Crippen molar-refractivity contribution in [3.8, 4) is 11.4 Å². The Kier molecular flexibility index (Phi) is 5.73. The van der Waals surface area contributed by atoms with Crippen LogP contribution in [0.4, 0.5) is 5.69 Å². The summed E-state index contributed by atoms with van der Waals surface area (Å²) >= 11 is 5.80. The van der Waals surface area contributed by atoms with Crippen molar-refractivity contribution >= 4 is 29.0 Å². The van der Waals surface area contributed by atoms with Crippen LogP contribution in [-0.4, -0.2) is 32.8 Å². The molecule has 2 aromatic heterocycles. The third kappa shape index (κ3) is 3.88. The molecule has 170 valence electrons. The lowest BCUT2D eigenvalue weighted by Crippen LogP contribution is -2.30. The number of ether oxygens (including phenoxy) is 1. The third-order valence-electron chi connectivity index (χ3n) is 5.88. The molecular formula is C26H22N4O3S. The van der Waals surface area contributed by atoms with Gasteiger partial charge in [0.15, 0.2) is 5.11 Å². The molecule has 0 amide bonds. The van der Waals surface area contributed by atoms with E-state index in [0.29, 0.717) is 5.11 Å². The number of aromatic nitrogens is 2. The number of nitrogens with zero attached hydrogens (tertiary/aromatic N) is 3. The van der Waals surface area contributed by atoms with Gasteiger partial charge >= 0.3 is 5.97 Å². The summed E-state index contributed by atoms with van der Waals surface area (Å²) in [5, 5.41) is 13.5. The summed E-state index contributed by atoms with van der Waals surface area (Å²) in [6.07, 6.45) is 3.69. The Morgan fingerprint density at radius 2 is 1.85 bits per heavy atom. The second-order valence-corrected chi connectivity index (χ2v) is 8.24. The van der Waals surface area contributed by atoms with Crippen LogP contribution in [-0.2, 0) is 0 Å². The Bertz CT molecular complexity index is 1350. The molecule has 2 aromatic carbocycles. The Morgan fingerprint density at radius 3 is 2.62 bits per heavy atom. The van der Waals surface area contributed by atoms with Gasteiger partial charge in [-0.3, -0.25) is 4.98 Å². The number of carbonyl (C=O) groups is 1. The molecule has 0 unspecified atom stereocenters. The van der Waals surface area contributed by atoms with E-state index in [2.05, 4.69) is 15.2 Å². The number of hydrogen-bond acceptors (Lipinski definition) is 4. The number of carboxylic acid groups (broad SMARTS) is 1. The van der Waals surface area contributed by atoms with Crippen molar-refractivity contribution in [2.75, 3.05) is 12.0 Å². The van der Waals surface area contributed by atoms with Crippen LogP contribution in [0.5, 0.6) is 5.75 Å². The number of carboxylic acids is 1. The lowest BCUT2D eigenvalue weighted by Gasteiger charge is -2.29. The van der Waals surface area contributed by atoms with Gasteiger partial charge in [-0.2, -0.15) is 0 Å². The molecule has 1 aliphatic rings. The van der Waals surface area contributed by atoms with Crippen molar-refractivity contribution in [1.29, 1.82) is 0 Å². The molecule has 5 rings (SSSR count). The zero-order valence-electron chi connectivity index (χ0n) is 18.3. The fourth-order valence-electron chi connectivity index (χ4n) is 4.35. The minimum atomic E-state index is -0.969. The first-order valence-corrected chi connectivity index (χ1v) is 11.1. The SMILES string of the molecule is COc1cccc(N2C(=S)N[C@@H](c3ccccn3)[C@H]2c2cccn2-c2cccc(C(=O)O)c2)c1. The van der Waals surface area contributed by atoms with Gasteiger partial charge in [-0.25, -0.2) is 4.79 Å². The van der Waals surface area contributed by atoms with E-state index in [1.807, 2.05) is 71.4 Å². The summed E-state index contributed by atoms with van der Waals surface area (Å²) in [4.78, 5) is 18.2. The Hall–Kier alpha value is -4.17. The number of methoxy groups -OCH3 is 1. The number of pyridine rings is 1. The summed E-state index contributed by atoms with van der Waals surface area (Å²) in [5.74, 6) is -0.242. The van der Waals surface area contributed by atoms with Gasteiger partial charge in [0.05, 0.1) is 24.4 Å². The van der Waals surface area contributed by atoms with Crippen LogP contribution in [0.1, 0.15) is 33.8 Å². The van der Waals surface area contributed by atoms with Crippen molar-refractivity contribution in [1.82, 2.24) is 14.9 Å². The summed E-state index contributed by atoms with van der Waals surface area (Å²) in [7, 11) is 1.63. The second-order valence-electron chi connectivity index (χ2n) is 7.86. The van der Waals surface area contributed by atoms with Crippen LogP contribution in [0.3, 0.4) is 0 Å². The molecule has 4 aromatic rings. The van der Waals surface area contributed by atoms with Crippen molar-refractivity contribution in [3.05, 3.63) is 108 Å². The third-order valence-corrected chi connectivity index (χ3v) is 6.20. The van der Waals surface area contributed by atoms with E-state index in [1.54, 1.807) is 31.5 Å². The number of aromatic carboxylic acids is 1. The van der Waals surface area contributed by atoms with Crippen LogP contribution in [0, 0.1) is 0 Å². The predicted octanol–water partition coefficient (Wildman–Crippen LogP) is 4.76. The lowest BCUT2D eigenvalue weighted by atomic mass is 10.0. The fourth-order valence-corrected chi connectivity index (χ4v) is 4.70. The molecule has 7 nitrogen and oxygen atoms in total. The highest BCUT2D eigenvalue weighted by atomic mass is 32.1. The number of hydrogen-bond donors (Lipinski definition) is 2. The number of anilines is 1. The lowest BCUT2D eigenvalue weighted by molar-refractivity contribution is 0.0697. The van der Waals surface area contributed by atoms with E-state index in [-0.39, 0.29) is 17.6 Å². The van der Waals surface area contributed by atoms with Gasteiger partial charge in [-0.15, -0.1) is 0 Å². The highest BCUT2D eigenvalue weighted by Gasteiger charge is 2.42. The van der Waals surface area contributed by atoms with Gasteiger partial charge < -0.3 is 24.6 Å². The van der Waals surface area contributed by atoms with E-state index in [0.717, 1.165) is 28.5 Å². The first-order valence-electron chi connectivity index (χ1n) is 10.7. The maximum atomic E-state index is 11.6. The van der Waals surface area contributed by atoms with Crippen LogP contribution >= 0.6 is 12.2 Å². The zero-order chi connectivity index (χ0) is 23.7. The van der Waals surface area contributed by atoms with E-state index >= 15 is 0 Å². The molecule has 0 saturated carbocycles. The molecule has 0 aliphatic carbocycles. The predicted molar refractivity (Wildman–Crippen MR) is 134 cm³/mol. The molecule has 8 heteroatoms. The molecule has 0 spiro atoms. The minimum absolute atomic E-state index is 0.225. The molecule has 2 N–H and O–H groups in total. The van der Waals surface area contributed by atoms with Gasteiger partial charge in [0, 0.05) is 35.5 Å². The smallest absolute Gasteiger partial charge is 0.335 e. The fraction of sp³-hybridized carbons (Fsp3) is 0.115. The van der Waals surface area contributed by atoms with Crippen molar-refractivity contribution in [2.45, 2.75) is 12.1 Å². The molecule has 3 heterocycles. The highest BCUT2D eigenvalue weighted by Crippen LogP contribution is 2.42. The van der Waals surface area contributed by atoms with Gasteiger partial charge in [0.2, 0.25) is 0 Å². The topological polar surface area (TPSA) is 79.6 Å². The van der Waals surface area contributed by atoms with Crippen molar-refractivity contribution in [2.24, 2.45) is 0 Å². The average Bonchev–Trinajstić information content (AvgIpc) is 3.49. The maximum absolute atomic E-state index is 11.6. The zero-order valence-corrected chi connectivity index (χ0v) is 19.1. The molecule has 1 aliphatic heterocycles. The standard InChI is InChI=1S/C26H22N4O3S/c1-33-20-10-5-9-19(16-20)30-24(23(28-26(30)34)21-11-2-3-13-27-21)22-12-6-14-29(22)18-8-4-7-17(15-18)25(31)32/h2-16,23-24H,1H3,(H,28,34)(H,31,32)/t23-,24+/m0/s1. The van der Waals surface area contributed by atoms with Crippen molar-refractivity contribution in [3.63, 3.8) is 0 Å². The second kappa shape index (κ2) is 8.99. The van der Waals surface area contributed by atoms with Gasteiger partial charge in [0.1, 0.15) is 11.8 Å².